The van der Waals surface area contributed by atoms with E-state index in [2.05, 4.69) is 39.5 Å². The van der Waals surface area contributed by atoms with Gasteiger partial charge in [0.05, 0.1) is 6.10 Å². The fraction of sp³-hybridized carbons (Fsp3) is 1.00. The maximum atomic E-state index is 9.60. The summed E-state index contributed by atoms with van der Waals surface area (Å²) in [5.74, 6) is 0. The molecule has 0 aromatic carbocycles. The lowest BCUT2D eigenvalue weighted by Crippen LogP contribution is -2.58. The number of likely N-dealkylation sites (tertiary alicyclic amines) is 1. The lowest BCUT2D eigenvalue weighted by molar-refractivity contribution is -0.0505. The zero-order valence-corrected chi connectivity index (χ0v) is 9.59. The first kappa shape index (κ1) is 11.0. The van der Waals surface area contributed by atoms with Gasteiger partial charge in [-0.3, -0.25) is 4.90 Å². The molecule has 1 heterocycles. The first-order chi connectivity index (χ1) is 5.73. The lowest BCUT2D eigenvalue weighted by Gasteiger charge is -2.51. The van der Waals surface area contributed by atoms with E-state index in [1.807, 2.05) is 0 Å². The Morgan fingerprint density at radius 2 is 1.85 bits per heavy atom. The van der Waals surface area contributed by atoms with E-state index >= 15 is 0 Å². The smallest absolute Gasteiger partial charge is 0.0569 e. The van der Waals surface area contributed by atoms with Gasteiger partial charge in [-0.25, -0.2) is 0 Å². The number of hydrogen-bond acceptors (Lipinski definition) is 2. The number of rotatable bonds is 0. The van der Waals surface area contributed by atoms with Crippen LogP contribution in [0.3, 0.4) is 0 Å². The highest BCUT2D eigenvalue weighted by Gasteiger charge is 2.39. The largest absolute Gasteiger partial charge is 0.393 e. The Morgan fingerprint density at radius 1 is 1.31 bits per heavy atom. The summed E-state index contributed by atoms with van der Waals surface area (Å²) in [6.07, 6.45) is 1.71. The van der Waals surface area contributed by atoms with E-state index in [9.17, 15) is 5.11 Å². The summed E-state index contributed by atoms with van der Waals surface area (Å²) in [6, 6.07) is 0. The number of hydrogen-bond donors (Lipinski definition) is 1. The monoisotopic (exact) mass is 185 g/mol. The zero-order chi connectivity index (χ0) is 10.3. The number of nitrogens with zero attached hydrogens (tertiary/aromatic N) is 1. The third-order valence-electron chi connectivity index (χ3n) is 2.96. The van der Waals surface area contributed by atoms with Crippen LogP contribution in [0.1, 0.15) is 47.5 Å². The van der Waals surface area contributed by atoms with E-state index in [0.29, 0.717) is 0 Å². The number of piperidine rings is 1. The molecule has 0 aromatic heterocycles. The molecule has 0 amide bonds. The Morgan fingerprint density at radius 3 is 2.23 bits per heavy atom. The van der Waals surface area contributed by atoms with Gasteiger partial charge in [0.1, 0.15) is 0 Å². The molecule has 0 spiro atoms. The van der Waals surface area contributed by atoms with Crippen LogP contribution in [0.25, 0.3) is 0 Å². The molecule has 0 aliphatic carbocycles. The predicted molar refractivity (Wildman–Crippen MR) is 55.8 cm³/mol. The van der Waals surface area contributed by atoms with Crippen molar-refractivity contribution >= 4 is 0 Å². The normalized spacial score (nSPS) is 30.5. The summed E-state index contributed by atoms with van der Waals surface area (Å²) in [7, 11) is 0. The predicted octanol–water partition coefficient (Wildman–Crippen LogP) is 2.02. The van der Waals surface area contributed by atoms with Crippen molar-refractivity contribution in [2.75, 3.05) is 6.54 Å². The quantitative estimate of drug-likeness (QED) is 0.624. The third kappa shape index (κ3) is 2.44. The van der Waals surface area contributed by atoms with Crippen LogP contribution in [0.15, 0.2) is 0 Å². The summed E-state index contributed by atoms with van der Waals surface area (Å²) < 4.78 is 0. The van der Waals surface area contributed by atoms with Crippen molar-refractivity contribution in [1.29, 1.82) is 0 Å². The Balaban J connectivity index is 2.76. The SMILES string of the molecule is CC(C)(C)N1CCC(O)CC1(C)C. The Labute approximate surface area is 81.9 Å². The summed E-state index contributed by atoms with van der Waals surface area (Å²) >= 11 is 0. The van der Waals surface area contributed by atoms with Crippen LogP contribution in [-0.4, -0.2) is 33.7 Å². The number of aliphatic hydroxyl groups is 1. The van der Waals surface area contributed by atoms with Gasteiger partial charge in [0.2, 0.25) is 0 Å². The second kappa shape index (κ2) is 3.25. The minimum absolute atomic E-state index is 0.103. The Bertz CT molecular complexity index is 181. The first-order valence-corrected chi connectivity index (χ1v) is 5.19. The van der Waals surface area contributed by atoms with Crippen molar-refractivity contribution in [2.24, 2.45) is 0 Å². The van der Waals surface area contributed by atoms with Gasteiger partial charge in [-0.15, -0.1) is 0 Å². The van der Waals surface area contributed by atoms with E-state index in [1.54, 1.807) is 0 Å². The third-order valence-corrected chi connectivity index (χ3v) is 2.96. The molecular weight excluding hydrogens is 162 g/mol. The van der Waals surface area contributed by atoms with Crippen molar-refractivity contribution in [2.45, 2.75) is 64.6 Å². The minimum Gasteiger partial charge on any atom is -0.393 e. The van der Waals surface area contributed by atoms with Crippen LogP contribution in [0, 0.1) is 0 Å². The first-order valence-electron chi connectivity index (χ1n) is 5.19. The molecule has 0 radical (unpaired) electrons. The van der Waals surface area contributed by atoms with Gasteiger partial charge in [-0.1, -0.05) is 0 Å². The Hall–Kier alpha value is -0.0800. The van der Waals surface area contributed by atoms with Crippen LogP contribution >= 0.6 is 0 Å². The fourth-order valence-corrected chi connectivity index (χ4v) is 2.61. The van der Waals surface area contributed by atoms with Crippen molar-refractivity contribution in [3.05, 3.63) is 0 Å². The standard InChI is InChI=1S/C11H23NO/c1-10(2,3)12-7-6-9(13)8-11(12,4)5/h9,13H,6-8H2,1-5H3. The number of aliphatic hydroxyl groups excluding tert-OH is 1. The van der Waals surface area contributed by atoms with Crippen molar-refractivity contribution in [1.82, 2.24) is 4.90 Å². The van der Waals surface area contributed by atoms with Crippen LogP contribution in [0.5, 0.6) is 0 Å². The molecule has 2 heteroatoms. The highest BCUT2D eigenvalue weighted by molar-refractivity contribution is 4.95. The average Bonchev–Trinajstić information content (AvgIpc) is 1.79. The van der Waals surface area contributed by atoms with Gasteiger partial charge in [0, 0.05) is 17.6 Å². The average molecular weight is 185 g/mol. The fourth-order valence-electron chi connectivity index (χ4n) is 2.61. The summed E-state index contributed by atoms with van der Waals surface area (Å²) in [5.41, 5.74) is 0.347. The maximum Gasteiger partial charge on any atom is 0.0569 e. The van der Waals surface area contributed by atoms with Crippen LogP contribution in [0.4, 0.5) is 0 Å². The molecule has 1 saturated heterocycles. The maximum absolute atomic E-state index is 9.60. The van der Waals surface area contributed by atoms with Gasteiger partial charge in [0.15, 0.2) is 0 Å². The van der Waals surface area contributed by atoms with Gasteiger partial charge in [-0.05, 0) is 47.5 Å². The molecule has 1 fully saturated rings. The van der Waals surface area contributed by atoms with E-state index < -0.39 is 0 Å². The molecule has 1 rings (SSSR count). The molecular formula is C11H23NO. The molecule has 1 N–H and O–H groups in total. The summed E-state index contributed by atoms with van der Waals surface area (Å²) in [6.45, 7) is 12.2. The van der Waals surface area contributed by atoms with Crippen molar-refractivity contribution < 1.29 is 5.11 Å². The minimum atomic E-state index is -0.103. The molecule has 2 nitrogen and oxygen atoms in total. The van der Waals surface area contributed by atoms with E-state index in [4.69, 9.17) is 0 Å². The molecule has 13 heavy (non-hydrogen) atoms. The van der Waals surface area contributed by atoms with Crippen molar-refractivity contribution in [3.63, 3.8) is 0 Å². The van der Waals surface area contributed by atoms with Gasteiger partial charge in [0.25, 0.3) is 0 Å². The van der Waals surface area contributed by atoms with Crippen LogP contribution < -0.4 is 0 Å². The van der Waals surface area contributed by atoms with Crippen LogP contribution in [-0.2, 0) is 0 Å². The highest BCUT2D eigenvalue weighted by atomic mass is 16.3. The van der Waals surface area contributed by atoms with E-state index in [0.717, 1.165) is 19.4 Å². The summed E-state index contributed by atoms with van der Waals surface area (Å²) in [5, 5.41) is 9.60. The summed E-state index contributed by atoms with van der Waals surface area (Å²) in [4.78, 5) is 2.49. The Kier molecular flexibility index (Phi) is 2.75. The molecule has 78 valence electrons. The van der Waals surface area contributed by atoms with Gasteiger partial charge >= 0.3 is 0 Å². The van der Waals surface area contributed by atoms with Gasteiger partial charge < -0.3 is 5.11 Å². The molecule has 1 unspecified atom stereocenters. The molecule has 0 aromatic rings. The molecule has 0 saturated carbocycles. The van der Waals surface area contributed by atoms with E-state index in [-0.39, 0.29) is 17.2 Å². The highest BCUT2D eigenvalue weighted by Crippen LogP contribution is 2.33. The van der Waals surface area contributed by atoms with E-state index in [1.165, 1.54) is 0 Å². The molecule has 1 aliphatic heterocycles. The van der Waals surface area contributed by atoms with Crippen LogP contribution in [0.2, 0.25) is 0 Å². The van der Waals surface area contributed by atoms with Crippen molar-refractivity contribution in [3.8, 4) is 0 Å². The second-order valence-electron chi connectivity index (χ2n) is 5.78. The molecule has 1 atom stereocenters. The second-order valence-corrected chi connectivity index (χ2v) is 5.78. The topological polar surface area (TPSA) is 23.5 Å². The lowest BCUT2D eigenvalue weighted by atomic mass is 9.84. The zero-order valence-electron chi connectivity index (χ0n) is 9.59. The molecule has 1 aliphatic rings. The van der Waals surface area contributed by atoms with Gasteiger partial charge in [-0.2, -0.15) is 0 Å². The molecule has 0 bridgehead atoms.